The molecule has 150 valence electrons. The normalized spacial score (nSPS) is 11.1. The molecule has 0 aliphatic rings. The maximum Gasteiger partial charge on any atom is 0.175 e. The minimum atomic E-state index is 0.466. The summed E-state index contributed by atoms with van der Waals surface area (Å²) in [6.07, 6.45) is 1.80. The molecule has 0 atom stereocenters. The van der Waals surface area contributed by atoms with E-state index in [0.717, 1.165) is 26.9 Å². The molecule has 0 saturated carbocycles. The quantitative estimate of drug-likeness (QED) is 0.334. The van der Waals surface area contributed by atoms with Gasteiger partial charge in [-0.1, -0.05) is 47.5 Å². The summed E-state index contributed by atoms with van der Waals surface area (Å²) in [6, 6.07) is 17.9. The van der Waals surface area contributed by atoms with Gasteiger partial charge in [0.15, 0.2) is 11.5 Å². The molecule has 0 unspecified atom stereocenters. The van der Waals surface area contributed by atoms with Crippen molar-refractivity contribution < 1.29 is 9.47 Å². The number of halogens is 2. The number of aryl methyl sites for hydroxylation is 1. The van der Waals surface area contributed by atoms with E-state index in [4.69, 9.17) is 21.1 Å². The summed E-state index contributed by atoms with van der Waals surface area (Å²) in [4.78, 5) is 4.58. The summed E-state index contributed by atoms with van der Waals surface area (Å²) >= 11 is 9.80. The van der Waals surface area contributed by atoms with Gasteiger partial charge < -0.3 is 9.47 Å². The first-order valence-electron chi connectivity index (χ1n) is 9.41. The molecule has 0 amide bonds. The van der Waals surface area contributed by atoms with Crippen LogP contribution in [-0.2, 0) is 6.61 Å². The molecule has 0 fully saturated rings. The molecule has 3 nitrogen and oxygen atoms in total. The zero-order valence-electron chi connectivity index (χ0n) is 16.7. The Labute approximate surface area is 185 Å². The number of aliphatic imine (C=N–C) groups is 1. The summed E-state index contributed by atoms with van der Waals surface area (Å²) in [5.74, 6) is 1.36. The van der Waals surface area contributed by atoms with E-state index < -0.39 is 0 Å². The summed E-state index contributed by atoms with van der Waals surface area (Å²) in [5.41, 5.74) is 5.02. The van der Waals surface area contributed by atoms with Crippen molar-refractivity contribution in [1.29, 1.82) is 0 Å². The Bertz CT molecular complexity index is 1020. The average Bonchev–Trinajstić information content (AvgIpc) is 2.70. The molecular formula is C24H23BrClNO2. The second kappa shape index (κ2) is 9.95. The van der Waals surface area contributed by atoms with Crippen LogP contribution < -0.4 is 9.47 Å². The Morgan fingerprint density at radius 1 is 1.03 bits per heavy atom. The van der Waals surface area contributed by atoms with Gasteiger partial charge >= 0.3 is 0 Å². The first-order chi connectivity index (χ1) is 14.0. The van der Waals surface area contributed by atoms with E-state index in [0.29, 0.717) is 29.7 Å². The minimum absolute atomic E-state index is 0.466. The van der Waals surface area contributed by atoms with E-state index in [9.17, 15) is 0 Å². The van der Waals surface area contributed by atoms with Crippen molar-refractivity contribution in [3.8, 4) is 11.5 Å². The number of benzene rings is 3. The van der Waals surface area contributed by atoms with Gasteiger partial charge in [-0.05, 0) is 77.7 Å². The Morgan fingerprint density at radius 2 is 1.79 bits per heavy atom. The summed E-state index contributed by atoms with van der Waals surface area (Å²) < 4.78 is 12.7. The Morgan fingerprint density at radius 3 is 2.52 bits per heavy atom. The van der Waals surface area contributed by atoms with Gasteiger partial charge in [0, 0.05) is 11.2 Å². The lowest BCUT2D eigenvalue weighted by Crippen LogP contribution is -2.01. The zero-order chi connectivity index (χ0) is 20.8. The fourth-order valence-corrected chi connectivity index (χ4v) is 3.53. The molecule has 0 aromatic heterocycles. The standard InChI is InChI=1S/C24H23BrClNO2/c1-4-28-23-13-19(14-27-22-7-5-6-21(26)17(22)3)12-20(25)24(23)29-15-18-10-8-16(2)9-11-18/h5-14H,4,15H2,1-3H3. The second-order valence-electron chi connectivity index (χ2n) is 6.68. The van der Waals surface area contributed by atoms with Crippen LogP contribution >= 0.6 is 27.5 Å². The topological polar surface area (TPSA) is 30.8 Å². The molecule has 3 aromatic rings. The van der Waals surface area contributed by atoms with Gasteiger partial charge in [-0.25, -0.2) is 0 Å². The molecule has 5 heteroatoms. The summed E-state index contributed by atoms with van der Waals surface area (Å²) in [5, 5.41) is 0.704. The van der Waals surface area contributed by atoms with Gasteiger partial charge in [0.1, 0.15) is 6.61 Å². The van der Waals surface area contributed by atoms with E-state index in [1.807, 2.05) is 44.2 Å². The fraction of sp³-hybridized carbons (Fsp3) is 0.208. The van der Waals surface area contributed by atoms with Crippen molar-refractivity contribution in [3.05, 3.63) is 86.3 Å². The SMILES string of the molecule is CCOc1cc(C=Nc2cccc(Cl)c2C)cc(Br)c1OCc1ccc(C)cc1. The summed E-state index contributed by atoms with van der Waals surface area (Å²) in [7, 11) is 0. The first kappa shape index (κ1) is 21.4. The number of rotatable bonds is 7. The number of nitrogens with zero attached hydrogens (tertiary/aromatic N) is 1. The molecule has 0 N–H and O–H groups in total. The Hall–Kier alpha value is -2.30. The van der Waals surface area contributed by atoms with Gasteiger partial charge in [0.2, 0.25) is 0 Å². The predicted molar refractivity (Wildman–Crippen MR) is 124 cm³/mol. The maximum absolute atomic E-state index is 6.18. The molecule has 3 rings (SSSR count). The van der Waals surface area contributed by atoms with Crippen LogP contribution in [0.25, 0.3) is 0 Å². The zero-order valence-corrected chi connectivity index (χ0v) is 19.0. The largest absolute Gasteiger partial charge is 0.490 e. The molecule has 0 aliphatic heterocycles. The van der Waals surface area contributed by atoms with Crippen molar-refractivity contribution >= 4 is 39.4 Å². The van der Waals surface area contributed by atoms with Crippen molar-refractivity contribution in [2.24, 2.45) is 4.99 Å². The van der Waals surface area contributed by atoms with E-state index in [2.05, 4.69) is 52.1 Å². The molecule has 0 heterocycles. The van der Waals surface area contributed by atoms with E-state index in [-0.39, 0.29) is 0 Å². The third-order valence-electron chi connectivity index (χ3n) is 4.43. The van der Waals surface area contributed by atoms with Gasteiger partial charge in [0.25, 0.3) is 0 Å². The number of hydrogen-bond donors (Lipinski definition) is 0. The first-order valence-corrected chi connectivity index (χ1v) is 10.6. The third-order valence-corrected chi connectivity index (χ3v) is 5.43. The third kappa shape index (κ3) is 5.62. The van der Waals surface area contributed by atoms with Crippen LogP contribution in [0, 0.1) is 13.8 Å². The van der Waals surface area contributed by atoms with Crippen LogP contribution in [0.15, 0.2) is 64.1 Å². The maximum atomic E-state index is 6.18. The highest BCUT2D eigenvalue weighted by molar-refractivity contribution is 9.10. The molecule has 0 aliphatic carbocycles. The van der Waals surface area contributed by atoms with E-state index >= 15 is 0 Å². The van der Waals surface area contributed by atoms with Crippen molar-refractivity contribution in [2.45, 2.75) is 27.4 Å². The van der Waals surface area contributed by atoms with Gasteiger partial charge in [-0.3, -0.25) is 4.99 Å². The Balaban J connectivity index is 1.84. The van der Waals surface area contributed by atoms with Crippen molar-refractivity contribution in [3.63, 3.8) is 0 Å². The second-order valence-corrected chi connectivity index (χ2v) is 7.94. The molecular weight excluding hydrogens is 450 g/mol. The van der Waals surface area contributed by atoms with Crippen molar-refractivity contribution in [1.82, 2.24) is 0 Å². The number of hydrogen-bond acceptors (Lipinski definition) is 3. The number of ether oxygens (including phenoxy) is 2. The van der Waals surface area contributed by atoms with E-state index in [1.165, 1.54) is 5.56 Å². The fourth-order valence-electron chi connectivity index (χ4n) is 2.79. The highest BCUT2D eigenvalue weighted by Gasteiger charge is 2.12. The van der Waals surface area contributed by atoms with Crippen LogP contribution in [0.4, 0.5) is 5.69 Å². The van der Waals surface area contributed by atoms with Gasteiger partial charge in [0.05, 0.1) is 16.8 Å². The minimum Gasteiger partial charge on any atom is -0.490 e. The molecule has 0 spiro atoms. The van der Waals surface area contributed by atoms with Crippen LogP contribution in [0.2, 0.25) is 5.02 Å². The lowest BCUT2D eigenvalue weighted by atomic mass is 10.1. The van der Waals surface area contributed by atoms with Crippen molar-refractivity contribution in [2.75, 3.05) is 6.61 Å². The molecule has 29 heavy (non-hydrogen) atoms. The average molecular weight is 473 g/mol. The Kier molecular flexibility index (Phi) is 7.34. The lowest BCUT2D eigenvalue weighted by Gasteiger charge is -2.15. The van der Waals surface area contributed by atoms with Gasteiger partial charge in [-0.2, -0.15) is 0 Å². The lowest BCUT2D eigenvalue weighted by molar-refractivity contribution is 0.267. The highest BCUT2D eigenvalue weighted by atomic mass is 79.9. The molecule has 0 radical (unpaired) electrons. The van der Waals surface area contributed by atoms with Crippen LogP contribution in [0.5, 0.6) is 11.5 Å². The molecule has 0 saturated heterocycles. The monoisotopic (exact) mass is 471 g/mol. The molecule has 3 aromatic carbocycles. The van der Waals surface area contributed by atoms with E-state index in [1.54, 1.807) is 6.21 Å². The summed E-state index contributed by atoms with van der Waals surface area (Å²) in [6.45, 7) is 6.99. The van der Waals surface area contributed by atoms with Gasteiger partial charge in [-0.15, -0.1) is 0 Å². The smallest absolute Gasteiger partial charge is 0.175 e. The highest BCUT2D eigenvalue weighted by Crippen LogP contribution is 2.37. The predicted octanol–water partition coefficient (Wildman–Crippen LogP) is 7.45. The molecule has 0 bridgehead atoms. The van der Waals surface area contributed by atoms with Crippen LogP contribution in [-0.4, -0.2) is 12.8 Å². The van der Waals surface area contributed by atoms with Crippen LogP contribution in [0.1, 0.15) is 29.2 Å². The van der Waals surface area contributed by atoms with Crippen LogP contribution in [0.3, 0.4) is 0 Å².